The first-order valence-electron chi connectivity index (χ1n) is 7.03. The lowest BCUT2D eigenvalue weighted by atomic mass is 9.97. The van der Waals surface area contributed by atoms with E-state index in [-0.39, 0.29) is 18.0 Å². The van der Waals surface area contributed by atoms with E-state index in [9.17, 15) is 9.59 Å². The highest BCUT2D eigenvalue weighted by Gasteiger charge is 2.28. The van der Waals surface area contributed by atoms with Crippen molar-refractivity contribution >= 4 is 12.0 Å². The Bertz CT molecular complexity index is 332. The summed E-state index contributed by atoms with van der Waals surface area (Å²) in [4.78, 5) is 26.9. The monoisotopic (exact) mass is 269 g/mol. The van der Waals surface area contributed by atoms with Gasteiger partial charge in [0, 0.05) is 19.1 Å². The number of carboxylic acid groups (broad SMARTS) is 1. The molecule has 2 fully saturated rings. The van der Waals surface area contributed by atoms with Gasteiger partial charge in [-0.05, 0) is 45.8 Å². The lowest BCUT2D eigenvalue weighted by Crippen LogP contribution is -2.51. The van der Waals surface area contributed by atoms with E-state index >= 15 is 0 Å². The molecule has 2 amide bonds. The van der Waals surface area contributed by atoms with Gasteiger partial charge in [0.2, 0.25) is 0 Å². The van der Waals surface area contributed by atoms with E-state index in [4.69, 9.17) is 5.11 Å². The SMILES string of the molecule is CN1CCC(NC(=O)N2CCC(C(=O)O)CC2)CC1. The zero-order valence-electron chi connectivity index (χ0n) is 11.5. The van der Waals surface area contributed by atoms with Crippen molar-refractivity contribution in [2.45, 2.75) is 31.7 Å². The third kappa shape index (κ3) is 3.83. The minimum atomic E-state index is -0.740. The molecule has 0 bridgehead atoms. The number of urea groups is 1. The highest BCUT2D eigenvalue weighted by molar-refractivity contribution is 5.75. The van der Waals surface area contributed by atoms with Gasteiger partial charge in [-0.1, -0.05) is 0 Å². The normalized spacial score (nSPS) is 23.3. The van der Waals surface area contributed by atoms with Crippen LogP contribution in [0.2, 0.25) is 0 Å². The summed E-state index contributed by atoms with van der Waals surface area (Å²) in [6.07, 6.45) is 3.12. The fourth-order valence-electron chi connectivity index (χ4n) is 2.75. The maximum absolute atomic E-state index is 12.1. The van der Waals surface area contributed by atoms with Crippen LogP contribution in [0.15, 0.2) is 0 Å². The molecule has 0 radical (unpaired) electrons. The number of carbonyl (C=O) groups is 2. The van der Waals surface area contributed by atoms with Crippen molar-refractivity contribution in [3.63, 3.8) is 0 Å². The number of hydrogen-bond donors (Lipinski definition) is 2. The molecule has 6 nitrogen and oxygen atoms in total. The molecule has 6 heteroatoms. The van der Waals surface area contributed by atoms with Crippen LogP contribution >= 0.6 is 0 Å². The second kappa shape index (κ2) is 6.23. The highest BCUT2D eigenvalue weighted by Crippen LogP contribution is 2.17. The minimum absolute atomic E-state index is 0.0293. The van der Waals surface area contributed by atoms with Crippen molar-refractivity contribution in [2.75, 3.05) is 33.2 Å². The number of rotatable bonds is 2. The van der Waals surface area contributed by atoms with Crippen LogP contribution in [0.4, 0.5) is 4.79 Å². The van der Waals surface area contributed by atoms with Gasteiger partial charge in [-0.15, -0.1) is 0 Å². The van der Waals surface area contributed by atoms with Gasteiger partial charge in [-0.25, -0.2) is 4.79 Å². The van der Waals surface area contributed by atoms with Crippen LogP contribution in [0.1, 0.15) is 25.7 Å². The van der Waals surface area contributed by atoms with E-state index in [1.807, 2.05) is 0 Å². The quantitative estimate of drug-likeness (QED) is 0.769. The Labute approximate surface area is 113 Å². The Balaban J connectivity index is 1.74. The van der Waals surface area contributed by atoms with Crippen LogP contribution in [0.3, 0.4) is 0 Å². The van der Waals surface area contributed by atoms with E-state index in [1.165, 1.54) is 0 Å². The van der Waals surface area contributed by atoms with Crippen molar-refractivity contribution in [1.82, 2.24) is 15.1 Å². The number of nitrogens with one attached hydrogen (secondary N) is 1. The number of aliphatic carboxylic acids is 1. The zero-order valence-corrected chi connectivity index (χ0v) is 11.5. The molecule has 0 aromatic heterocycles. The first-order chi connectivity index (χ1) is 9.06. The van der Waals surface area contributed by atoms with Crippen LogP contribution in [0.5, 0.6) is 0 Å². The number of hydrogen-bond acceptors (Lipinski definition) is 3. The third-order valence-corrected chi connectivity index (χ3v) is 4.18. The number of piperidine rings is 2. The number of carboxylic acids is 1. The van der Waals surface area contributed by atoms with Crippen molar-refractivity contribution in [3.05, 3.63) is 0 Å². The molecule has 0 spiro atoms. The summed E-state index contributed by atoms with van der Waals surface area (Å²) in [6.45, 7) is 3.14. The van der Waals surface area contributed by atoms with Crippen LogP contribution in [-0.4, -0.2) is 66.2 Å². The Morgan fingerprint density at radius 2 is 1.63 bits per heavy atom. The van der Waals surface area contributed by atoms with E-state index in [2.05, 4.69) is 17.3 Å². The topological polar surface area (TPSA) is 72.9 Å². The van der Waals surface area contributed by atoms with E-state index in [0.29, 0.717) is 25.9 Å². The predicted molar refractivity (Wildman–Crippen MR) is 71.0 cm³/mol. The average Bonchev–Trinajstić information content (AvgIpc) is 2.41. The number of nitrogens with zero attached hydrogens (tertiary/aromatic N) is 2. The molecule has 0 aromatic carbocycles. The summed E-state index contributed by atoms with van der Waals surface area (Å²) in [6, 6.07) is 0.235. The largest absolute Gasteiger partial charge is 0.481 e. The Hall–Kier alpha value is -1.30. The number of carbonyl (C=O) groups excluding carboxylic acids is 1. The van der Waals surface area contributed by atoms with Gasteiger partial charge in [0.1, 0.15) is 0 Å². The second-order valence-electron chi connectivity index (χ2n) is 5.63. The fraction of sp³-hybridized carbons (Fsp3) is 0.846. The molecule has 19 heavy (non-hydrogen) atoms. The molecule has 2 N–H and O–H groups in total. The summed E-state index contributed by atoms with van der Waals surface area (Å²) < 4.78 is 0. The Kier molecular flexibility index (Phi) is 4.63. The van der Waals surface area contributed by atoms with Gasteiger partial charge < -0.3 is 20.2 Å². The average molecular weight is 269 g/mol. The second-order valence-corrected chi connectivity index (χ2v) is 5.63. The Morgan fingerprint density at radius 3 is 2.16 bits per heavy atom. The van der Waals surface area contributed by atoms with Crippen LogP contribution < -0.4 is 5.32 Å². The van der Waals surface area contributed by atoms with Gasteiger partial charge in [-0.2, -0.15) is 0 Å². The molecule has 108 valence electrons. The van der Waals surface area contributed by atoms with Crippen molar-refractivity contribution in [2.24, 2.45) is 5.92 Å². The summed E-state index contributed by atoms with van der Waals surface area (Å²) in [5.41, 5.74) is 0. The predicted octanol–water partition coefficient (Wildman–Crippen LogP) is 0.587. The van der Waals surface area contributed by atoms with Gasteiger partial charge in [0.05, 0.1) is 5.92 Å². The van der Waals surface area contributed by atoms with Crippen LogP contribution in [0, 0.1) is 5.92 Å². The van der Waals surface area contributed by atoms with E-state index < -0.39 is 5.97 Å². The van der Waals surface area contributed by atoms with Gasteiger partial charge in [-0.3, -0.25) is 4.79 Å². The highest BCUT2D eigenvalue weighted by atomic mass is 16.4. The van der Waals surface area contributed by atoms with Crippen LogP contribution in [-0.2, 0) is 4.79 Å². The van der Waals surface area contributed by atoms with Gasteiger partial charge in [0.25, 0.3) is 0 Å². The molecule has 0 saturated carbocycles. The molecule has 0 unspecified atom stereocenters. The first kappa shape index (κ1) is 14.1. The lowest BCUT2D eigenvalue weighted by Gasteiger charge is -2.34. The van der Waals surface area contributed by atoms with E-state index in [0.717, 1.165) is 25.9 Å². The molecular formula is C13H23N3O3. The summed E-state index contributed by atoms with van der Waals surface area (Å²) in [7, 11) is 2.09. The number of amides is 2. The molecule has 0 aliphatic carbocycles. The lowest BCUT2D eigenvalue weighted by molar-refractivity contribution is -0.143. The summed E-state index contributed by atoms with van der Waals surface area (Å²) in [5.74, 6) is -1.03. The minimum Gasteiger partial charge on any atom is -0.481 e. The van der Waals surface area contributed by atoms with Gasteiger partial charge >= 0.3 is 12.0 Å². The summed E-state index contributed by atoms with van der Waals surface area (Å²) in [5, 5.41) is 12.0. The summed E-state index contributed by atoms with van der Waals surface area (Å²) >= 11 is 0. The molecular weight excluding hydrogens is 246 g/mol. The first-order valence-corrected chi connectivity index (χ1v) is 7.03. The maximum atomic E-state index is 12.1. The maximum Gasteiger partial charge on any atom is 0.317 e. The van der Waals surface area contributed by atoms with E-state index in [1.54, 1.807) is 4.90 Å². The standard InChI is InChI=1S/C13H23N3O3/c1-15-6-4-11(5-7-15)14-13(19)16-8-2-10(3-9-16)12(17)18/h10-11H,2-9H2,1H3,(H,14,19)(H,17,18). The fourth-order valence-corrected chi connectivity index (χ4v) is 2.75. The van der Waals surface area contributed by atoms with Crippen LogP contribution in [0.25, 0.3) is 0 Å². The third-order valence-electron chi connectivity index (χ3n) is 4.18. The van der Waals surface area contributed by atoms with Gasteiger partial charge in [0.15, 0.2) is 0 Å². The Morgan fingerprint density at radius 1 is 1.05 bits per heavy atom. The molecule has 2 heterocycles. The van der Waals surface area contributed by atoms with Crippen molar-refractivity contribution in [1.29, 1.82) is 0 Å². The smallest absolute Gasteiger partial charge is 0.317 e. The molecule has 0 atom stereocenters. The molecule has 2 saturated heterocycles. The molecule has 2 rings (SSSR count). The molecule has 0 aromatic rings. The van der Waals surface area contributed by atoms with Crippen molar-refractivity contribution < 1.29 is 14.7 Å². The molecule has 2 aliphatic heterocycles. The zero-order chi connectivity index (χ0) is 13.8. The van der Waals surface area contributed by atoms with Crippen molar-refractivity contribution in [3.8, 4) is 0 Å². The number of likely N-dealkylation sites (tertiary alicyclic amines) is 2. The molecule has 2 aliphatic rings.